The van der Waals surface area contributed by atoms with Crippen molar-refractivity contribution in [1.29, 1.82) is 0 Å². The molecule has 2 aromatic rings. The predicted molar refractivity (Wildman–Crippen MR) is 115 cm³/mol. The molecular formula is C21H27N3O3S2. The highest BCUT2D eigenvalue weighted by Gasteiger charge is 2.34. The van der Waals surface area contributed by atoms with Gasteiger partial charge in [0.25, 0.3) is 0 Å². The van der Waals surface area contributed by atoms with Gasteiger partial charge in [0, 0.05) is 23.9 Å². The number of thiazole rings is 1. The van der Waals surface area contributed by atoms with E-state index in [1.54, 1.807) is 11.3 Å². The number of carbonyl (C=O) groups excluding carboxylic acids is 1. The minimum absolute atomic E-state index is 0.0443. The first-order valence-electron chi connectivity index (χ1n) is 10.1. The molecule has 6 nitrogen and oxygen atoms in total. The molecule has 4 rings (SSSR count). The van der Waals surface area contributed by atoms with Crippen LogP contribution >= 0.6 is 11.3 Å². The van der Waals surface area contributed by atoms with Crippen molar-refractivity contribution in [1.82, 2.24) is 9.29 Å². The molecule has 1 aromatic carbocycles. The third kappa shape index (κ3) is 3.98. The third-order valence-electron chi connectivity index (χ3n) is 5.85. The Kier molecular flexibility index (Phi) is 5.52. The highest BCUT2D eigenvalue weighted by molar-refractivity contribution is 7.89. The average Bonchev–Trinajstić information content (AvgIpc) is 3.22. The molecule has 1 aliphatic heterocycles. The van der Waals surface area contributed by atoms with Crippen LogP contribution in [0.2, 0.25) is 0 Å². The number of carbonyl (C=O) groups is 1. The van der Waals surface area contributed by atoms with Crippen LogP contribution in [-0.2, 0) is 27.7 Å². The molecule has 2 aliphatic rings. The lowest BCUT2D eigenvalue weighted by Gasteiger charge is -2.31. The van der Waals surface area contributed by atoms with Gasteiger partial charge in [-0.3, -0.25) is 4.79 Å². The zero-order valence-electron chi connectivity index (χ0n) is 17.1. The lowest BCUT2D eigenvalue weighted by atomic mass is 9.97. The van der Waals surface area contributed by atoms with E-state index in [-0.39, 0.29) is 11.8 Å². The van der Waals surface area contributed by atoms with Crippen LogP contribution in [0.4, 0.5) is 5.13 Å². The summed E-state index contributed by atoms with van der Waals surface area (Å²) in [6, 6.07) is 3.82. The van der Waals surface area contributed by atoms with E-state index in [0.717, 1.165) is 41.6 Å². The minimum atomic E-state index is -3.55. The standard InChI is InChI=1S/C21H27N3O3S2/c1-13-11-14(2)19(15(3)12-13)29(26,27)24-9-7-16(8-10-24)20(25)23-21-22-17-5-4-6-18(17)28-21/h11-12,16H,4-10H2,1-3H3,(H,22,23,25). The maximum Gasteiger partial charge on any atom is 0.243 e. The van der Waals surface area contributed by atoms with E-state index in [1.807, 2.05) is 32.9 Å². The second kappa shape index (κ2) is 7.81. The molecule has 2 heterocycles. The van der Waals surface area contributed by atoms with Gasteiger partial charge in [0.05, 0.1) is 10.6 Å². The maximum atomic E-state index is 13.2. The first kappa shape index (κ1) is 20.5. The molecule has 1 aliphatic carbocycles. The highest BCUT2D eigenvalue weighted by atomic mass is 32.2. The van der Waals surface area contributed by atoms with Crippen LogP contribution < -0.4 is 5.32 Å². The Bertz CT molecular complexity index is 1010. The number of piperidine rings is 1. The fourth-order valence-electron chi connectivity index (χ4n) is 4.51. The van der Waals surface area contributed by atoms with E-state index in [1.165, 1.54) is 9.18 Å². The lowest BCUT2D eigenvalue weighted by Crippen LogP contribution is -2.41. The van der Waals surface area contributed by atoms with Crippen LogP contribution in [0.1, 0.15) is 46.5 Å². The van der Waals surface area contributed by atoms with Crippen LogP contribution in [-0.4, -0.2) is 36.7 Å². The molecule has 1 saturated heterocycles. The number of amides is 1. The van der Waals surface area contributed by atoms with Gasteiger partial charge >= 0.3 is 0 Å². The van der Waals surface area contributed by atoms with Crippen molar-refractivity contribution in [2.45, 2.75) is 57.8 Å². The summed E-state index contributed by atoms with van der Waals surface area (Å²) in [6.45, 7) is 6.39. The SMILES string of the molecule is Cc1cc(C)c(S(=O)(=O)N2CCC(C(=O)Nc3nc4c(s3)CCC4)CC2)c(C)c1. The summed E-state index contributed by atoms with van der Waals surface area (Å²) in [5, 5.41) is 3.63. The Labute approximate surface area is 176 Å². The summed E-state index contributed by atoms with van der Waals surface area (Å²) in [7, 11) is -3.55. The first-order chi connectivity index (χ1) is 13.8. The molecule has 1 N–H and O–H groups in total. The third-order valence-corrected chi connectivity index (χ3v) is 9.13. The number of anilines is 1. The zero-order valence-corrected chi connectivity index (χ0v) is 18.8. The van der Waals surface area contributed by atoms with E-state index in [2.05, 4.69) is 10.3 Å². The second-order valence-electron chi connectivity index (χ2n) is 8.14. The van der Waals surface area contributed by atoms with Crippen molar-refractivity contribution in [3.8, 4) is 0 Å². The molecule has 1 aromatic heterocycles. The van der Waals surface area contributed by atoms with Gasteiger partial charge in [-0.1, -0.05) is 17.7 Å². The van der Waals surface area contributed by atoms with Gasteiger partial charge in [0.2, 0.25) is 15.9 Å². The Hall–Kier alpha value is -1.77. The number of rotatable bonds is 4. The van der Waals surface area contributed by atoms with E-state index < -0.39 is 10.0 Å². The molecule has 0 saturated carbocycles. The van der Waals surface area contributed by atoms with Crippen molar-refractivity contribution < 1.29 is 13.2 Å². The summed E-state index contributed by atoms with van der Waals surface area (Å²) in [5.41, 5.74) is 3.73. The number of hydrogen-bond acceptors (Lipinski definition) is 5. The van der Waals surface area contributed by atoms with Gasteiger partial charge in [-0.2, -0.15) is 4.31 Å². The normalized spacial score (nSPS) is 18.0. The van der Waals surface area contributed by atoms with E-state index >= 15 is 0 Å². The zero-order chi connectivity index (χ0) is 20.8. The Morgan fingerprint density at radius 3 is 2.41 bits per heavy atom. The van der Waals surface area contributed by atoms with Gasteiger partial charge in [-0.15, -0.1) is 11.3 Å². The Balaban J connectivity index is 1.41. The number of aryl methyl sites for hydroxylation is 5. The summed E-state index contributed by atoms with van der Waals surface area (Å²) < 4.78 is 27.9. The fraction of sp³-hybridized carbons (Fsp3) is 0.524. The molecule has 0 unspecified atom stereocenters. The van der Waals surface area contributed by atoms with Crippen molar-refractivity contribution in [2.24, 2.45) is 5.92 Å². The number of fused-ring (bicyclic) bond motifs is 1. The monoisotopic (exact) mass is 433 g/mol. The van der Waals surface area contributed by atoms with Crippen molar-refractivity contribution in [3.05, 3.63) is 39.4 Å². The van der Waals surface area contributed by atoms with Gasteiger partial charge in [0.1, 0.15) is 0 Å². The number of aromatic nitrogens is 1. The number of nitrogens with zero attached hydrogens (tertiary/aromatic N) is 2. The van der Waals surface area contributed by atoms with Crippen LogP contribution in [0.3, 0.4) is 0 Å². The van der Waals surface area contributed by atoms with Crippen LogP contribution in [0, 0.1) is 26.7 Å². The first-order valence-corrected chi connectivity index (χ1v) is 12.4. The predicted octanol–water partition coefficient (Wildman–Crippen LogP) is 3.60. The quantitative estimate of drug-likeness (QED) is 0.799. The Morgan fingerprint density at radius 1 is 1.14 bits per heavy atom. The molecule has 0 radical (unpaired) electrons. The minimum Gasteiger partial charge on any atom is -0.302 e. The Morgan fingerprint density at radius 2 is 1.79 bits per heavy atom. The van der Waals surface area contributed by atoms with Crippen LogP contribution in [0.15, 0.2) is 17.0 Å². The summed E-state index contributed by atoms with van der Waals surface area (Å²) in [4.78, 5) is 18.9. The van der Waals surface area contributed by atoms with Crippen LogP contribution in [0.25, 0.3) is 0 Å². The molecule has 0 atom stereocenters. The highest BCUT2D eigenvalue weighted by Crippen LogP contribution is 2.32. The molecule has 29 heavy (non-hydrogen) atoms. The smallest absolute Gasteiger partial charge is 0.243 e. The molecule has 8 heteroatoms. The fourth-order valence-corrected chi connectivity index (χ4v) is 7.45. The molecule has 1 fully saturated rings. The van der Waals surface area contributed by atoms with Gasteiger partial charge in [0.15, 0.2) is 5.13 Å². The van der Waals surface area contributed by atoms with Crippen molar-refractivity contribution >= 4 is 32.4 Å². The number of hydrogen-bond donors (Lipinski definition) is 1. The molecule has 1 amide bonds. The topological polar surface area (TPSA) is 79.4 Å². The van der Waals surface area contributed by atoms with E-state index in [0.29, 0.717) is 36.0 Å². The molecule has 0 spiro atoms. The van der Waals surface area contributed by atoms with E-state index in [4.69, 9.17) is 0 Å². The lowest BCUT2D eigenvalue weighted by molar-refractivity contribution is -0.120. The second-order valence-corrected chi connectivity index (χ2v) is 11.1. The van der Waals surface area contributed by atoms with Crippen molar-refractivity contribution in [3.63, 3.8) is 0 Å². The van der Waals surface area contributed by atoms with Crippen LogP contribution in [0.5, 0.6) is 0 Å². The molecule has 156 valence electrons. The summed E-state index contributed by atoms with van der Waals surface area (Å²) in [5.74, 6) is -0.224. The molecule has 0 bridgehead atoms. The number of nitrogens with one attached hydrogen (secondary N) is 1. The average molecular weight is 434 g/mol. The summed E-state index contributed by atoms with van der Waals surface area (Å²) in [6.07, 6.45) is 4.25. The largest absolute Gasteiger partial charge is 0.302 e. The number of benzene rings is 1. The van der Waals surface area contributed by atoms with Crippen molar-refractivity contribution in [2.75, 3.05) is 18.4 Å². The number of sulfonamides is 1. The maximum absolute atomic E-state index is 13.2. The van der Waals surface area contributed by atoms with Gasteiger partial charge < -0.3 is 5.32 Å². The van der Waals surface area contributed by atoms with E-state index in [9.17, 15) is 13.2 Å². The molecular weight excluding hydrogens is 406 g/mol. The van der Waals surface area contributed by atoms with Gasteiger partial charge in [-0.25, -0.2) is 13.4 Å². The summed E-state index contributed by atoms with van der Waals surface area (Å²) >= 11 is 1.57. The van der Waals surface area contributed by atoms with Gasteiger partial charge in [-0.05, 0) is 64.0 Å².